The van der Waals surface area contributed by atoms with Gasteiger partial charge in [-0.1, -0.05) is 12.8 Å². The lowest BCUT2D eigenvalue weighted by molar-refractivity contribution is -0.134. The van der Waals surface area contributed by atoms with Crippen LogP contribution in [-0.2, 0) is 14.6 Å². The quantitative estimate of drug-likeness (QED) is 0.849. The minimum absolute atomic E-state index is 0.0481. The van der Waals surface area contributed by atoms with Gasteiger partial charge >= 0.3 is 0 Å². The van der Waals surface area contributed by atoms with Crippen LogP contribution in [0.1, 0.15) is 51.4 Å². The minimum Gasteiger partial charge on any atom is -0.337 e. The molecule has 0 aromatic carbocycles. The average Bonchev–Trinajstić information content (AvgIpc) is 2.54. The van der Waals surface area contributed by atoms with Crippen LogP contribution in [0.3, 0.4) is 0 Å². The summed E-state index contributed by atoms with van der Waals surface area (Å²) in [6.45, 7) is 2.53. The van der Waals surface area contributed by atoms with E-state index in [0.717, 1.165) is 58.0 Å². The molecule has 2 unspecified atom stereocenters. The zero-order chi connectivity index (χ0) is 15.6. The summed E-state index contributed by atoms with van der Waals surface area (Å²) in [6, 6.07) is -0.0481. The summed E-state index contributed by atoms with van der Waals surface area (Å²) in [5, 5.41) is 3.06. The van der Waals surface area contributed by atoms with E-state index in [4.69, 9.17) is 0 Å². The standard InChI is InChI=1S/C16H28N2O3S/c19-16(6-5-13-7-9-17-10-8-13)18-11-12-22(20,21)15-4-2-1-3-14(15)18/h13-15,17H,1-12H2. The van der Waals surface area contributed by atoms with Gasteiger partial charge in [-0.2, -0.15) is 0 Å². The maximum absolute atomic E-state index is 12.6. The van der Waals surface area contributed by atoms with Crippen molar-refractivity contribution in [2.24, 2.45) is 5.92 Å². The number of nitrogens with zero attached hydrogens (tertiary/aromatic N) is 1. The van der Waals surface area contributed by atoms with Crippen LogP contribution in [0.2, 0.25) is 0 Å². The molecule has 1 saturated carbocycles. The summed E-state index contributed by atoms with van der Waals surface area (Å²) in [5.41, 5.74) is 0. The summed E-state index contributed by atoms with van der Waals surface area (Å²) in [5.74, 6) is 0.999. The Balaban J connectivity index is 1.59. The molecule has 3 fully saturated rings. The molecule has 2 atom stereocenters. The first-order valence-corrected chi connectivity index (χ1v) is 10.5. The van der Waals surface area contributed by atoms with Crippen molar-refractivity contribution in [1.29, 1.82) is 0 Å². The van der Waals surface area contributed by atoms with E-state index >= 15 is 0 Å². The number of sulfone groups is 1. The lowest BCUT2D eigenvalue weighted by Crippen LogP contribution is -2.57. The van der Waals surface area contributed by atoms with Gasteiger partial charge in [0, 0.05) is 19.0 Å². The van der Waals surface area contributed by atoms with E-state index in [1.807, 2.05) is 4.90 Å². The predicted molar refractivity (Wildman–Crippen MR) is 86.4 cm³/mol. The van der Waals surface area contributed by atoms with Gasteiger partial charge in [0.15, 0.2) is 9.84 Å². The zero-order valence-corrected chi connectivity index (χ0v) is 14.1. The molecule has 0 radical (unpaired) electrons. The van der Waals surface area contributed by atoms with Crippen molar-refractivity contribution in [1.82, 2.24) is 10.2 Å². The van der Waals surface area contributed by atoms with Gasteiger partial charge in [0.1, 0.15) is 0 Å². The first-order chi connectivity index (χ1) is 10.6. The highest BCUT2D eigenvalue weighted by atomic mass is 32.2. The van der Waals surface area contributed by atoms with Crippen molar-refractivity contribution >= 4 is 15.7 Å². The Morgan fingerprint density at radius 1 is 1.09 bits per heavy atom. The van der Waals surface area contributed by atoms with Gasteiger partial charge in [-0.15, -0.1) is 0 Å². The highest BCUT2D eigenvalue weighted by Gasteiger charge is 2.44. The van der Waals surface area contributed by atoms with Crippen molar-refractivity contribution in [3.8, 4) is 0 Å². The number of fused-ring (bicyclic) bond motifs is 1. The van der Waals surface area contributed by atoms with E-state index in [1.165, 1.54) is 0 Å². The van der Waals surface area contributed by atoms with Gasteiger partial charge in [0.2, 0.25) is 5.91 Å². The van der Waals surface area contributed by atoms with E-state index in [9.17, 15) is 13.2 Å². The number of carbonyl (C=O) groups excluding carboxylic acids is 1. The second-order valence-corrected chi connectivity index (χ2v) is 9.42. The SMILES string of the molecule is O=C(CCC1CCNCC1)N1CCS(=O)(=O)C2CCCCC21. The van der Waals surface area contributed by atoms with Crippen molar-refractivity contribution in [3.05, 3.63) is 0 Å². The van der Waals surface area contributed by atoms with Gasteiger partial charge in [0.25, 0.3) is 0 Å². The predicted octanol–water partition coefficient (Wildman–Crippen LogP) is 1.33. The Kier molecular flexibility index (Phi) is 5.07. The molecule has 2 saturated heterocycles. The fraction of sp³-hybridized carbons (Fsp3) is 0.938. The van der Waals surface area contributed by atoms with Crippen LogP contribution >= 0.6 is 0 Å². The third-order valence-corrected chi connectivity index (χ3v) is 7.92. The molecule has 126 valence electrons. The molecule has 0 bridgehead atoms. The Bertz CT molecular complexity index is 500. The van der Waals surface area contributed by atoms with Gasteiger partial charge < -0.3 is 10.2 Å². The fourth-order valence-corrected chi connectivity index (χ4v) is 6.39. The zero-order valence-electron chi connectivity index (χ0n) is 13.3. The Labute approximate surface area is 133 Å². The molecule has 3 aliphatic rings. The van der Waals surface area contributed by atoms with E-state index in [1.54, 1.807) is 0 Å². The fourth-order valence-electron chi connectivity index (χ4n) is 4.35. The molecule has 0 spiro atoms. The molecule has 1 N–H and O–H groups in total. The number of carbonyl (C=O) groups is 1. The summed E-state index contributed by atoms with van der Waals surface area (Å²) < 4.78 is 24.5. The first-order valence-electron chi connectivity index (χ1n) is 8.80. The number of hydrogen-bond donors (Lipinski definition) is 1. The van der Waals surface area contributed by atoms with Crippen LogP contribution in [0.5, 0.6) is 0 Å². The third-order valence-electron chi connectivity index (χ3n) is 5.69. The molecular formula is C16H28N2O3S. The maximum Gasteiger partial charge on any atom is 0.222 e. The smallest absolute Gasteiger partial charge is 0.222 e. The van der Waals surface area contributed by atoms with Crippen molar-refractivity contribution < 1.29 is 13.2 Å². The number of amides is 1. The van der Waals surface area contributed by atoms with Crippen LogP contribution in [0, 0.1) is 5.92 Å². The lowest BCUT2D eigenvalue weighted by Gasteiger charge is -2.43. The molecule has 1 amide bonds. The second-order valence-electron chi connectivity index (χ2n) is 7.08. The first kappa shape index (κ1) is 16.2. The van der Waals surface area contributed by atoms with Gasteiger partial charge in [0.05, 0.1) is 11.0 Å². The topological polar surface area (TPSA) is 66.5 Å². The molecule has 0 aromatic heterocycles. The molecule has 3 rings (SSSR count). The van der Waals surface area contributed by atoms with E-state index < -0.39 is 9.84 Å². The third kappa shape index (κ3) is 3.48. The van der Waals surface area contributed by atoms with Crippen LogP contribution in [0.4, 0.5) is 0 Å². The molecule has 1 aliphatic carbocycles. The summed E-state index contributed by atoms with van der Waals surface area (Å²) >= 11 is 0. The molecule has 2 aliphatic heterocycles. The monoisotopic (exact) mass is 328 g/mol. The Morgan fingerprint density at radius 2 is 1.82 bits per heavy atom. The summed E-state index contributed by atoms with van der Waals surface area (Å²) in [4.78, 5) is 14.5. The molecule has 5 nitrogen and oxygen atoms in total. The second kappa shape index (κ2) is 6.87. The molecule has 22 heavy (non-hydrogen) atoms. The molecule has 6 heteroatoms. The maximum atomic E-state index is 12.6. The largest absolute Gasteiger partial charge is 0.337 e. The van der Waals surface area contributed by atoms with E-state index in [-0.39, 0.29) is 23.0 Å². The van der Waals surface area contributed by atoms with E-state index in [0.29, 0.717) is 18.9 Å². The lowest BCUT2D eigenvalue weighted by atomic mass is 9.91. The van der Waals surface area contributed by atoms with Gasteiger partial charge in [-0.3, -0.25) is 4.79 Å². The van der Waals surface area contributed by atoms with Crippen LogP contribution in [0.15, 0.2) is 0 Å². The summed E-state index contributed by atoms with van der Waals surface area (Å²) in [6.07, 6.45) is 7.51. The van der Waals surface area contributed by atoms with Crippen LogP contribution < -0.4 is 5.32 Å². The van der Waals surface area contributed by atoms with Crippen molar-refractivity contribution in [3.63, 3.8) is 0 Å². The average molecular weight is 328 g/mol. The number of hydrogen-bond acceptors (Lipinski definition) is 4. The van der Waals surface area contributed by atoms with E-state index in [2.05, 4.69) is 5.32 Å². The van der Waals surface area contributed by atoms with Crippen molar-refractivity contribution in [2.45, 2.75) is 62.7 Å². The number of piperidine rings is 1. The van der Waals surface area contributed by atoms with Gasteiger partial charge in [-0.05, 0) is 51.1 Å². The minimum atomic E-state index is -2.99. The normalized spacial score (nSPS) is 32.5. The Morgan fingerprint density at radius 3 is 2.59 bits per heavy atom. The Hall–Kier alpha value is -0.620. The number of nitrogens with one attached hydrogen (secondary N) is 1. The van der Waals surface area contributed by atoms with Crippen molar-refractivity contribution in [2.75, 3.05) is 25.4 Å². The number of rotatable bonds is 3. The van der Waals surface area contributed by atoms with Crippen LogP contribution in [0.25, 0.3) is 0 Å². The van der Waals surface area contributed by atoms with Gasteiger partial charge in [-0.25, -0.2) is 8.42 Å². The highest BCUT2D eigenvalue weighted by molar-refractivity contribution is 7.92. The molecule has 2 heterocycles. The van der Waals surface area contributed by atoms with Crippen LogP contribution in [-0.4, -0.2) is 55.9 Å². The summed E-state index contributed by atoms with van der Waals surface area (Å²) in [7, 11) is -2.99. The molecular weight excluding hydrogens is 300 g/mol. The highest BCUT2D eigenvalue weighted by Crippen LogP contribution is 2.32. The molecule has 0 aromatic rings.